The fourth-order valence-electron chi connectivity index (χ4n) is 2.17. The zero-order chi connectivity index (χ0) is 15.6. The van der Waals surface area contributed by atoms with Gasteiger partial charge in [-0.05, 0) is 57.4 Å². The fraction of sp³-hybridized carbons (Fsp3) is 0.412. The van der Waals surface area contributed by atoms with E-state index in [9.17, 15) is 9.59 Å². The molecule has 0 amide bonds. The molecule has 0 unspecified atom stereocenters. The molecule has 21 heavy (non-hydrogen) atoms. The molecule has 0 aliphatic carbocycles. The number of rotatable bonds is 4. The van der Waals surface area contributed by atoms with Crippen molar-refractivity contribution in [3.8, 4) is 5.75 Å². The quantitative estimate of drug-likeness (QED) is 0.485. The number of hydrogen-bond donors (Lipinski definition) is 0. The Morgan fingerprint density at radius 2 is 2.10 bits per heavy atom. The molecule has 1 aliphatic heterocycles. The lowest BCUT2D eigenvalue weighted by atomic mass is 9.93. The number of ether oxygens (including phenoxy) is 2. The van der Waals surface area contributed by atoms with Crippen LogP contribution in [0.25, 0.3) is 0 Å². The van der Waals surface area contributed by atoms with E-state index in [1.807, 2.05) is 26.0 Å². The summed E-state index contributed by atoms with van der Waals surface area (Å²) in [5.41, 5.74) is 1.66. The second kappa shape index (κ2) is 5.72. The zero-order valence-corrected chi connectivity index (χ0v) is 12.7. The van der Waals surface area contributed by atoms with Crippen LogP contribution in [-0.4, -0.2) is 24.0 Å². The van der Waals surface area contributed by atoms with Crippen LogP contribution >= 0.6 is 0 Å². The smallest absolute Gasteiger partial charge is 0.333 e. The van der Waals surface area contributed by atoms with Gasteiger partial charge in [0.2, 0.25) is 0 Å². The highest BCUT2D eigenvalue weighted by Crippen LogP contribution is 2.33. The molecule has 1 heterocycles. The number of aryl methyl sites for hydroxylation is 1. The van der Waals surface area contributed by atoms with Crippen LogP contribution in [0.2, 0.25) is 0 Å². The maximum Gasteiger partial charge on any atom is 0.333 e. The van der Waals surface area contributed by atoms with Crippen molar-refractivity contribution in [1.82, 2.24) is 0 Å². The van der Waals surface area contributed by atoms with Gasteiger partial charge in [0.15, 0.2) is 12.4 Å². The standard InChI is InChI=1S/C17H20O4/c1-11(2)16(19)20-10-14(18)12-5-6-15-13(9-12)7-8-17(3,4)21-15/h5-6,9H,1,7-8,10H2,2-4H3. The predicted octanol–water partition coefficient (Wildman–Crippen LogP) is 3.09. The summed E-state index contributed by atoms with van der Waals surface area (Å²) < 4.78 is 10.8. The molecule has 1 aromatic carbocycles. The van der Waals surface area contributed by atoms with Gasteiger partial charge < -0.3 is 9.47 Å². The first-order valence-electron chi connectivity index (χ1n) is 6.96. The van der Waals surface area contributed by atoms with E-state index in [-0.39, 0.29) is 23.6 Å². The van der Waals surface area contributed by atoms with E-state index in [0.717, 1.165) is 24.2 Å². The molecule has 0 aromatic heterocycles. The van der Waals surface area contributed by atoms with Crippen LogP contribution in [0.3, 0.4) is 0 Å². The van der Waals surface area contributed by atoms with Crippen LogP contribution in [0.5, 0.6) is 5.75 Å². The van der Waals surface area contributed by atoms with Gasteiger partial charge in [0.1, 0.15) is 11.4 Å². The minimum atomic E-state index is -0.550. The molecule has 0 spiro atoms. The van der Waals surface area contributed by atoms with Crippen molar-refractivity contribution in [2.75, 3.05) is 6.61 Å². The summed E-state index contributed by atoms with van der Waals surface area (Å²) in [6.07, 6.45) is 1.78. The molecular formula is C17H20O4. The average molecular weight is 288 g/mol. The fourth-order valence-corrected chi connectivity index (χ4v) is 2.17. The first-order valence-corrected chi connectivity index (χ1v) is 6.96. The van der Waals surface area contributed by atoms with Crippen molar-refractivity contribution < 1.29 is 19.1 Å². The molecule has 4 nitrogen and oxygen atoms in total. The van der Waals surface area contributed by atoms with Crippen LogP contribution in [0, 0.1) is 0 Å². The summed E-state index contributed by atoms with van der Waals surface area (Å²) in [6, 6.07) is 5.34. The van der Waals surface area contributed by atoms with Gasteiger partial charge in [-0.1, -0.05) is 6.58 Å². The van der Waals surface area contributed by atoms with E-state index in [0.29, 0.717) is 5.56 Å². The average Bonchev–Trinajstić information content (AvgIpc) is 2.42. The number of Topliss-reactive ketones (excluding diaryl/α,β-unsaturated/α-hetero) is 1. The topological polar surface area (TPSA) is 52.6 Å². The van der Waals surface area contributed by atoms with Gasteiger partial charge >= 0.3 is 5.97 Å². The Hall–Kier alpha value is -2.10. The first kappa shape index (κ1) is 15.3. The minimum absolute atomic E-state index is 0.171. The Labute approximate surface area is 124 Å². The molecule has 0 bridgehead atoms. The molecule has 0 saturated heterocycles. The Morgan fingerprint density at radius 1 is 1.38 bits per heavy atom. The van der Waals surface area contributed by atoms with Gasteiger partial charge in [-0.25, -0.2) is 4.79 Å². The van der Waals surface area contributed by atoms with Crippen molar-refractivity contribution in [2.45, 2.75) is 39.2 Å². The highest BCUT2D eigenvalue weighted by molar-refractivity contribution is 5.99. The summed E-state index contributed by atoms with van der Waals surface area (Å²) >= 11 is 0. The first-order chi connectivity index (χ1) is 9.78. The Bertz CT molecular complexity index is 599. The third kappa shape index (κ3) is 3.72. The van der Waals surface area contributed by atoms with Gasteiger partial charge in [0.25, 0.3) is 0 Å². The Balaban J connectivity index is 2.07. The Kier molecular flexibility index (Phi) is 4.16. The SMILES string of the molecule is C=C(C)C(=O)OCC(=O)c1ccc2c(c1)CCC(C)(C)O2. The molecule has 2 rings (SSSR count). The molecule has 1 aliphatic rings. The number of hydrogen-bond acceptors (Lipinski definition) is 4. The summed E-state index contributed by atoms with van der Waals surface area (Å²) in [6.45, 7) is 8.85. The molecule has 1 aromatic rings. The number of esters is 1. The highest BCUT2D eigenvalue weighted by Gasteiger charge is 2.27. The highest BCUT2D eigenvalue weighted by atomic mass is 16.5. The van der Waals surface area contributed by atoms with Crippen molar-refractivity contribution in [3.63, 3.8) is 0 Å². The molecule has 0 N–H and O–H groups in total. The number of fused-ring (bicyclic) bond motifs is 1. The molecular weight excluding hydrogens is 268 g/mol. The second-order valence-corrected chi connectivity index (χ2v) is 5.96. The van der Waals surface area contributed by atoms with Gasteiger partial charge in [-0.2, -0.15) is 0 Å². The summed E-state index contributed by atoms with van der Waals surface area (Å²) in [7, 11) is 0. The largest absolute Gasteiger partial charge is 0.488 e. The number of benzene rings is 1. The molecule has 112 valence electrons. The second-order valence-electron chi connectivity index (χ2n) is 5.96. The van der Waals surface area contributed by atoms with E-state index >= 15 is 0 Å². The van der Waals surface area contributed by atoms with E-state index in [1.165, 1.54) is 0 Å². The van der Waals surface area contributed by atoms with E-state index in [4.69, 9.17) is 9.47 Å². The minimum Gasteiger partial charge on any atom is -0.488 e. The third-order valence-electron chi connectivity index (χ3n) is 3.45. The van der Waals surface area contributed by atoms with Crippen LogP contribution in [0.15, 0.2) is 30.4 Å². The molecule has 0 radical (unpaired) electrons. The van der Waals surface area contributed by atoms with Crippen LogP contribution in [0.4, 0.5) is 0 Å². The van der Waals surface area contributed by atoms with Crippen LogP contribution in [-0.2, 0) is 16.0 Å². The van der Waals surface area contributed by atoms with Crippen LogP contribution in [0.1, 0.15) is 43.1 Å². The lowest BCUT2D eigenvalue weighted by molar-refractivity contribution is -0.137. The van der Waals surface area contributed by atoms with E-state index < -0.39 is 5.97 Å². The van der Waals surface area contributed by atoms with Gasteiger partial charge in [-0.15, -0.1) is 0 Å². The van der Waals surface area contributed by atoms with Crippen molar-refractivity contribution >= 4 is 11.8 Å². The lowest BCUT2D eigenvalue weighted by Crippen LogP contribution is -2.32. The number of carbonyl (C=O) groups excluding carboxylic acids is 2. The lowest BCUT2D eigenvalue weighted by Gasteiger charge is -2.32. The molecule has 0 saturated carbocycles. The maximum atomic E-state index is 12.0. The monoisotopic (exact) mass is 288 g/mol. The van der Waals surface area contributed by atoms with E-state index in [2.05, 4.69) is 6.58 Å². The van der Waals surface area contributed by atoms with Gasteiger partial charge in [0.05, 0.1) is 0 Å². The summed E-state index contributed by atoms with van der Waals surface area (Å²) in [5, 5.41) is 0. The van der Waals surface area contributed by atoms with Crippen molar-refractivity contribution in [3.05, 3.63) is 41.5 Å². The molecule has 4 heteroatoms. The van der Waals surface area contributed by atoms with Crippen molar-refractivity contribution in [1.29, 1.82) is 0 Å². The number of ketones is 1. The van der Waals surface area contributed by atoms with E-state index in [1.54, 1.807) is 13.0 Å². The normalized spacial score (nSPS) is 15.6. The van der Waals surface area contributed by atoms with Crippen LogP contribution < -0.4 is 4.74 Å². The summed E-state index contributed by atoms with van der Waals surface area (Å²) in [5.74, 6) is 0.0466. The summed E-state index contributed by atoms with van der Waals surface area (Å²) in [4.78, 5) is 23.3. The van der Waals surface area contributed by atoms with Gasteiger partial charge in [-0.3, -0.25) is 4.79 Å². The molecule has 0 atom stereocenters. The zero-order valence-electron chi connectivity index (χ0n) is 12.7. The molecule has 0 fully saturated rings. The van der Waals surface area contributed by atoms with Gasteiger partial charge in [0, 0.05) is 11.1 Å². The maximum absolute atomic E-state index is 12.0. The number of carbonyl (C=O) groups is 2. The van der Waals surface area contributed by atoms with Crippen molar-refractivity contribution in [2.24, 2.45) is 0 Å². The Morgan fingerprint density at radius 3 is 2.76 bits per heavy atom. The predicted molar refractivity (Wildman–Crippen MR) is 79.6 cm³/mol. The third-order valence-corrected chi connectivity index (χ3v) is 3.45.